The fourth-order valence-corrected chi connectivity index (χ4v) is 1.43. The highest BCUT2D eigenvalue weighted by Gasteiger charge is 2.29. The molecule has 1 rings (SSSR count). The van der Waals surface area contributed by atoms with Gasteiger partial charge in [0, 0.05) is 12.1 Å². The number of aromatic hydroxyl groups is 2. The molecule has 0 saturated heterocycles. The van der Waals surface area contributed by atoms with E-state index >= 15 is 0 Å². The van der Waals surface area contributed by atoms with Gasteiger partial charge in [0.1, 0.15) is 0 Å². The second kappa shape index (κ2) is 5.27. The van der Waals surface area contributed by atoms with E-state index in [1.807, 2.05) is 20.8 Å². The summed E-state index contributed by atoms with van der Waals surface area (Å²) in [5.74, 6) is -0.720. The molecule has 1 atom stereocenters. The summed E-state index contributed by atoms with van der Waals surface area (Å²) in [7, 11) is 0. The third kappa shape index (κ3) is 2.92. The Hall–Kier alpha value is -1.75. The molecular weight excluding hydrogens is 232 g/mol. The van der Waals surface area contributed by atoms with Crippen molar-refractivity contribution in [2.45, 2.75) is 26.3 Å². The fourth-order valence-electron chi connectivity index (χ4n) is 1.43. The monoisotopic (exact) mass is 252 g/mol. The van der Waals surface area contributed by atoms with Gasteiger partial charge in [0.25, 0.3) is 5.91 Å². The van der Waals surface area contributed by atoms with Gasteiger partial charge >= 0.3 is 0 Å². The average molecular weight is 252 g/mol. The summed E-state index contributed by atoms with van der Waals surface area (Å²) < 4.78 is 0. The summed E-state index contributed by atoms with van der Waals surface area (Å²) in [6.07, 6.45) is 0. The van der Waals surface area contributed by atoms with Crippen LogP contribution in [-0.4, -0.2) is 28.2 Å². The highest BCUT2D eigenvalue weighted by atomic mass is 16.3. The molecule has 5 N–H and O–H groups in total. The molecule has 1 aromatic carbocycles. The molecule has 0 heterocycles. The van der Waals surface area contributed by atoms with E-state index in [0.717, 1.165) is 0 Å². The number of phenolic OH excluding ortho intramolecular Hbond substituents is 2. The van der Waals surface area contributed by atoms with Crippen molar-refractivity contribution in [2.75, 3.05) is 6.54 Å². The Bertz CT molecular complexity index is 446. The summed E-state index contributed by atoms with van der Waals surface area (Å²) >= 11 is 0. The first-order chi connectivity index (χ1) is 8.30. The van der Waals surface area contributed by atoms with E-state index < -0.39 is 5.54 Å². The van der Waals surface area contributed by atoms with Crippen LogP contribution < -0.4 is 11.1 Å². The number of carbonyl (C=O) groups is 1. The van der Waals surface area contributed by atoms with Crippen molar-refractivity contribution in [1.82, 2.24) is 5.32 Å². The van der Waals surface area contributed by atoms with Gasteiger partial charge in [-0.15, -0.1) is 0 Å². The van der Waals surface area contributed by atoms with Crippen LogP contribution in [0, 0.1) is 5.92 Å². The first-order valence-electron chi connectivity index (χ1n) is 5.84. The standard InChI is InChI=1S/C13H20N2O3/c1-8(2)13(3,7-14)15-12(18)9-4-5-10(16)11(17)6-9/h4-6,8,16-17H,7,14H2,1-3H3,(H,15,18). The van der Waals surface area contributed by atoms with Gasteiger partial charge in [-0.2, -0.15) is 0 Å². The lowest BCUT2D eigenvalue weighted by molar-refractivity contribution is 0.0883. The molecule has 5 heteroatoms. The average Bonchev–Trinajstić information content (AvgIpc) is 2.32. The number of amides is 1. The van der Waals surface area contributed by atoms with Gasteiger partial charge in [-0.25, -0.2) is 0 Å². The van der Waals surface area contributed by atoms with Crippen molar-refractivity contribution in [3.05, 3.63) is 23.8 Å². The van der Waals surface area contributed by atoms with Crippen molar-refractivity contribution in [3.8, 4) is 11.5 Å². The van der Waals surface area contributed by atoms with Crippen LogP contribution in [0.25, 0.3) is 0 Å². The maximum Gasteiger partial charge on any atom is 0.251 e. The van der Waals surface area contributed by atoms with Crippen LogP contribution in [0.15, 0.2) is 18.2 Å². The molecule has 0 aliphatic heterocycles. The number of nitrogens with two attached hydrogens (primary N) is 1. The number of hydrogen-bond donors (Lipinski definition) is 4. The Morgan fingerprint density at radius 2 is 2.00 bits per heavy atom. The van der Waals surface area contributed by atoms with E-state index in [2.05, 4.69) is 5.32 Å². The Kier molecular flexibility index (Phi) is 4.19. The zero-order valence-electron chi connectivity index (χ0n) is 10.9. The third-order valence-corrected chi connectivity index (χ3v) is 3.34. The van der Waals surface area contributed by atoms with Crippen molar-refractivity contribution >= 4 is 5.91 Å². The second-order valence-electron chi connectivity index (χ2n) is 4.93. The molecule has 18 heavy (non-hydrogen) atoms. The van der Waals surface area contributed by atoms with E-state index in [4.69, 9.17) is 5.73 Å². The molecule has 0 saturated carbocycles. The van der Waals surface area contributed by atoms with Gasteiger partial charge in [-0.1, -0.05) is 13.8 Å². The van der Waals surface area contributed by atoms with E-state index in [9.17, 15) is 15.0 Å². The third-order valence-electron chi connectivity index (χ3n) is 3.34. The topological polar surface area (TPSA) is 95.6 Å². The lowest BCUT2D eigenvalue weighted by atomic mass is 9.88. The van der Waals surface area contributed by atoms with Crippen LogP contribution in [-0.2, 0) is 0 Å². The molecule has 0 fully saturated rings. The maximum absolute atomic E-state index is 12.0. The Balaban J connectivity index is 2.91. The van der Waals surface area contributed by atoms with Crippen LogP contribution in [0.3, 0.4) is 0 Å². The highest BCUT2D eigenvalue weighted by Crippen LogP contribution is 2.25. The number of hydrogen-bond acceptors (Lipinski definition) is 4. The van der Waals surface area contributed by atoms with Gasteiger partial charge in [-0.05, 0) is 31.0 Å². The van der Waals surface area contributed by atoms with E-state index in [1.54, 1.807) is 0 Å². The molecule has 100 valence electrons. The van der Waals surface area contributed by atoms with Gasteiger partial charge < -0.3 is 21.3 Å². The van der Waals surface area contributed by atoms with Crippen molar-refractivity contribution in [3.63, 3.8) is 0 Å². The second-order valence-corrected chi connectivity index (χ2v) is 4.93. The predicted octanol–water partition coefficient (Wildman–Crippen LogP) is 1.20. The Labute approximate surface area is 107 Å². The summed E-state index contributed by atoms with van der Waals surface area (Å²) in [4.78, 5) is 12.0. The molecule has 0 aromatic heterocycles. The van der Waals surface area contributed by atoms with E-state index in [0.29, 0.717) is 6.54 Å². The van der Waals surface area contributed by atoms with E-state index in [1.165, 1.54) is 18.2 Å². The first kappa shape index (κ1) is 14.3. The van der Waals surface area contributed by atoms with Crippen LogP contribution >= 0.6 is 0 Å². The molecule has 0 aliphatic carbocycles. The quantitative estimate of drug-likeness (QED) is 0.605. The predicted molar refractivity (Wildman–Crippen MR) is 69.5 cm³/mol. The molecule has 1 aromatic rings. The zero-order valence-corrected chi connectivity index (χ0v) is 10.9. The summed E-state index contributed by atoms with van der Waals surface area (Å²) in [5, 5.41) is 21.4. The molecule has 0 spiro atoms. The lowest BCUT2D eigenvalue weighted by Gasteiger charge is -2.33. The van der Waals surface area contributed by atoms with Crippen molar-refractivity contribution in [1.29, 1.82) is 0 Å². The number of benzene rings is 1. The summed E-state index contributed by atoms with van der Waals surface area (Å²) in [6.45, 7) is 6.14. The molecule has 5 nitrogen and oxygen atoms in total. The summed E-state index contributed by atoms with van der Waals surface area (Å²) in [6, 6.07) is 3.95. The van der Waals surface area contributed by atoms with Crippen molar-refractivity contribution in [2.24, 2.45) is 11.7 Å². The normalized spacial score (nSPS) is 14.3. The van der Waals surface area contributed by atoms with E-state index in [-0.39, 0.29) is 28.9 Å². The first-order valence-corrected chi connectivity index (χ1v) is 5.84. The minimum absolute atomic E-state index is 0.178. The molecule has 1 amide bonds. The Morgan fingerprint density at radius 1 is 1.39 bits per heavy atom. The largest absolute Gasteiger partial charge is 0.504 e. The van der Waals surface area contributed by atoms with Crippen LogP contribution in [0.5, 0.6) is 11.5 Å². The minimum atomic E-state index is -0.509. The lowest BCUT2D eigenvalue weighted by Crippen LogP contribution is -2.55. The molecule has 1 unspecified atom stereocenters. The molecule has 0 bridgehead atoms. The summed E-state index contributed by atoms with van der Waals surface area (Å²) in [5.41, 5.74) is 5.46. The van der Waals surface area contributed by atoms with Gasteiger partial charge in [-0.3, -0.25) is 4.79 Å². The van der Waals surface area contributed by atoms with Gasteiger partial charge in [0.15, 0.2) is 11.5 Å². The zero-order chi connectivity index (χ0) is 13.9. The molecular formula is C13H20N2O3. The number of carbonyl (C=O) groups excluding carboxylic acids is 1. The maximum atomic E-state index is 12.0. The number of rotatable bonds is 4. The van der Waals surface area contributed by atoms with Crippen LogP contribution in [0.2, 0.25) is 0 Å². The van der Waals surface area contributed by atoms with Crippen LogP contribution in [0.4, 0.5) is 0 Å². The SMILES string of the molecule is CC(C)C(C)(CN)NC(=O)c1ccc(O)c(O)c1. The fraction of sp³-hybridized carbons (Fsp3) is 0.462. The Morgan fingerprint density at radius 3 is 2.44 bits per heavy atom. The van der Waals surface area contributed by atoms with Gasteiger partial charge in [0.05, 0.1) is 5.54 Å². The molecule has 0 radical (unpaired) electrons. The minimum Gasteiger partial charge on any atom is -0.504 e. The van der Waals surface area contributed by atoms with Crippen LogP contribution in [0.1, 0.15) is 31.1 Å². The highest BCUT2D eigenvalue weighted by molar-refractivity contribution is 5.95. The number of nitrogens with one attached hydrogen (secondary N) is 1. The molecule has 0 aliphatic rings. The van der Waals surface area contributed by atoms with Crippen molar-refractivity contribution < 1.29 is 15.0 Å². The van der Waals surface area contributed by atoms with Gasteiger partial charge in [0.2, 0.25) is 0 Å². The smallest absolute Gasteiger partial charge is 0.251 e. The number of phenols is 2.